The maximum Gasteiger partial charge on any atom is -0.0118 e. The Morgan fingerprint density at radius 1 is 0.765 bits per heavy atom. The molecule has 1 heteroatoms. The van der Waals surface area contributed by atoms with E-state index in [0.29, 0.717) is 0 Å². The van der Waals surface area contributed by atoms with Gasteiger partial charge in [0.05, 0.1) is 0 Å². The van der Waals surface area contributed by atoms with Gasteiger partial charge in [-0.05, 0) is 41.9 Å². The molecule has 0 N–H and O–H groups in total. The zero-order valence-electron chi connectivity index (χ0n) is 9.80. The number of rotatable bonds is 1. The molecule has 0 bridgehead atoms. The van der Waals surface area contributed by atoms with Crippen LogP contribution in [0.25, 0.3) is 0 Å². The topological polar surface area (TPSA) is 0 Å². The van der Waals surface area contributed by atoms with Gasteiger partial charge < -0.3 is 0 Å². The van der Waals surface area contributed by atoms with Crippen LogP contribution in [0, 0.1) is 0 Å². The van der Waals surface area contributed by atoms with Crippen LogP contribution in [-0.2, 0) is 12.8 Å². The van der Waals surface area contributed by atoms with E-state index in [-0.39, 0.29) is 12.4 Å². The van der Waals surface area contributed by atoms with Gasteiger partial charge in [-0.25, -0.2) is 0 Å². The normalized spacial score (nSPS) is 18.0. The molecule has 0 amide bonds. The summed E-state index contributed by atoms with van der Waals surface area (Å²) in [6, 6.07) is 19.8. The minimum atomic E-state index is 0. The molecule has 0 fully saturated rings. The van der Waals surface area contributed by atoms with Gasteiger partial charge in [-0.15, -0.1) is 12.4 Å². The molecule has 1 aliphatic carbocycles. The molecule has 0 spiro atoms. The zero-order chi connectivity index (χ0) is 10.8. The molecule has 0 saturated carbocycles. The highest BCUT2D eigenvalue weighted by atomic mass is 35.5. The molecule has 0 heterocycles. The summed E-state index contributed by atoms with van der Waals surface area (Å²) in [4.78, 5) is 0. The van der Waals surface area contributed by atoms with Crippen molar-refractivity contribution in [3.63, 3.8) is 0 Å². The van der Waals surface area contributed by atoms with Crippen LogP contribution in [0.1, 0.15) is 29.0 Å². The number of halogens is 1. The molecule has 2 aromatic carbocycles. The summed E-state index contributed by atoms with van der Waals surface area (Å²) >= 11 is 0. The monoisotopic (exact) mass is 244 g/mol. The molecule has 88 valence electrons. The third-order valence-corrected chi connectivity index (χ3v) is 3.62. The van der Waals surface area contributed by atoms with Crippen LogP contribution in [0.3, 0.4) is 0 Å². The summed E-state index contributed by atoms with van der Waals surface area (Å²) in [7, 11) is 0. The van der Waals surface area contributed by atoms with E-state index < -0.39 is 0 Å². The molecule has 0 aliphatic heterocycles. The van der Waals surface area contributed by atoms with Crippen molar-refractivity contribution in [2.75, 3.05) is 0 Å². The Labute approximate surface area is 109 Å². The quantitative estimate of drug-likeness (QED) is 0.698. The van der Waals surface area contributed by atoms with E-state index in [0.717, 1.165) is 5.92 Å². The molecule has 1 atom stereocenters. The summed E-state index contributed by atoms with van der Waals surface area (Å²) in [5.74, 6) is 0.719. The van der Waals surface area contributed by atoms with Gasteiger partial charge >= 0.3 is 0 Å². The van der Waals surface area contributed by atoms with E-state index in [1.807, 2.05) is 0 Å². The van der Waals surface area contributed by atoms with Crippen molar-refractivity contribution in [1.29, 1.82) is 0 Å². The van der Waals surface area contributed by atoms with Crippen molar-refractivity contribution in [2.24, 2.45) is 0 Å². The average Bonchev–Trinajstić information content (AvgIpc) is 2.39. The summed E-state index contributed by atoms with van der Waals surface area (Å²) < 4.78 is 0. The fourth-order valence-electron chi connectivity index (χ4n) is 2.71. The minimum Gasteiger partial charge on any atom is -0.147 e. The fraction of sp³-hybridized carbons (Fsp3) is 0.250. The lowest BCUT2D eigenvalue weighted by atomic mass is 9.80. The molecule has 0 aromatic heterocycles. The first-order valence-electron chi connectivity index (χ1n) is 6.05. The molecule has 1 aliphatic rings. The van der Waals surface area contributed by atoms with Crippen molar-refractivity contribution in [3.8, 4) is 0 Å². The Bertz CT molecular complexity index is 476. The Kier molecular flexibility index (Phi) is 3.86. The molecular formula is C16H17Cl. The maximum atomic E-state index is 2.28. The second-order valence-corrected chi connectivity index (χ2v) is 4.62. The number of hydrogen-bond donors (Lipinski definition) is 0. The highest BCUT2D eigenvalue weighted by Crippen LogP contribution is 2.32. The molecule has 0 saturated heterocycles. The van der Waals surface area contributed by atoms with Crippen molar-refractivity contribution < 1.29 is 0 Å². The Morgan fingerprint density at radius 3 is 2.18 bits per heavy atom. The van der Waals surface area contributed by atoms with Crippen LogP contribution in [0.15, 0.2) is 54.6 Å². The Hall–Kier alpha value is -1.27. The van der Waals surface area contributed by atoms with Gasteiger partial charge in [-0.2, -0.15) is 0 Å². The van der Waals surface area contributed by atoms with E-state index in [1.54, 1.807) is 11.1 Å². The maximum absolute atomic E-state index is 2.28. The van der Waals surface area contributed by atoms with Crippen molar-refractivity contribution >= 4 is 12.4 Å². The van der Waals surface area contributed by atoms with E-state index in [4.69, 9.17) is 0 Å². The largest absolute Gasteiger partial charge is 0.147 e. The van der Waals surface area contributed by atoms with Gasteiger partial charge in [0.25, 0.3) is 0 Å². The lowest BCUT2D eigenvalue weighted by Crippen LogP contribution is -2.12. The fourth-order valence-corrected chi connectivity index (χ4v) is 2.71. The molecule has 0 nitrogen and oxygen atoms in total. The van der Waals surface area contributed by atoms with Crippen LogP contribution in [0.4, 0.5) is 0 Å². The first kappa shape index (κ1) is 12.2. The van der Waals surface area contributed by atoms with Gasteiger partial charge in [-0.3, -0.25) is 0 Å². The Morgan fingerprint density at radius 2 is 1.41 bits per heavy atom. The van der Waals surface area contributed by atoms with Gasteiger partial charge in [-0.1, -0.05) is 54.6 Å². The summed E-state index contributed by atoms with van der Waals surface area (Å²) in [6.45, 7) is 0. The van der Waals surface area contributed by atoms with Gasteiger partial charge in [0, 0.05) is 0 Å². The van der Waals surface area contributed by atoms with E-state index in [9.17, 15) is 0 Å². The average molecular weight is 245 g/mol. The lowest BCUT2D eigenvalue weighted by molar-refractivity contribution is 0.585. The van der Waals surface area contributed by atoms with Crippen molar-refractivity contribution in [1.82, 2.24) is 0 Å². The summed E-state index contributed by atoms with van der Waals surface area (Å²) in [6.07, 6.45) is 3.73. The smallest absolute Gasteiger partial charge is 0.0118 e. The SMILES string of the molecule is Cl.c1ccc(C2CCc3ccccc3C2)cc1. The molecule has 1 unspecified atom stereocenters. The summed E-state index contributed by atoms with van der Waals surface area (Å²) in [5.41, 5.74) is 4.59. The van der Waals surface area contributed by atoms with Crippen LogP contribution in [-0.4, -0.2) is 0 Å². The van der Waals surface area contributed by atoms with Gasteiger partial charge in [0.1, 0.15) is 0 Å². The first-order valence-corrected chi connectivity index (χ1v) is 6.05. The second kappa shape index (κ2) is 5.37. The first-order chi connectivity index (χ1) is 7.93. The number of hydrogen-bond acceptors (Lipinski definition) is 0. The highest BCUT2D eigenvalue weighted by Gasteiger charge is 2.18. The van der Waals surface area contributed by atoms with E-state index >= 15 is 0 Å². The van der Waals surface area contributed by atoms with Gasteiger partial charge in [0.15, 0.2) is 0 Å². The van der Waals surface area contributed by atoms with E-state index in [2.05, 4.69) is 54.6 Å². The number of aryl methyl sites for hydroxylation is 1. The molecule has 17 heavy (non-hydrogen) atoms. The molecular weight excluding hydrogens is 228 g/mol. The zero-order valence-corrected chi connectivity index (χ0v) is 10.6. The van der Waals surface area contributed by atoms with Crippen LogP contribution in [0.5, 0.6) is 0 Å². The van der Waals surface area contributed by atoms with Crippen LogP contribution in [0.2, 0.25) is 0 Å². The summed E-state index contributed by atoms with van der Waals surface area (Å²) in [5, 5.41) is 0. The van der Waals surface area contributed by atoms with Crippen LogP contribution < -0.4 is 0 Å². The predicted molar refractivity (Wildman–Crippen MR) is 74.9 cm³/mol. The molecule has 2 aromatic rings. The second-order valence-electron chi connectivity index (χ2n) is 4.62. The van der Waals surface area contributed by atoms with Gasteiger partial charge in [0.2, 0.25) is 0 Å². The third kappa shape index (κ3) is 2.53. The number of fused-ring (bicyclic) bond motifs is 1. The van der Waals surface area contributed by atoms with Crippen LogP contribution >= 0.6 is 12.4 Å². The third-order valence-electron chi connectivity index (χ3n) is 3.62. The van der Waals surface area contributed by atoms with Crippen molar-refractivity contribution in [2.45, 2.75) is 25.2 Å². The standard InChI is InChI=1S/C16H16.ClH/c1-2-6-13(7-3-1)16-11-10-14-8-4-5-9-15(14)12-16;/h1-9,16H,10-12H2;1H. The Balaban J connectivity index is 0.00000108. The minimum absolute atomic E-state index is 0. The van der Waals surface area contributed by atoms with Crippen molar-refractivity contribution in [3.05, 3.63) is 71.3 Å². The molecule has 0 radical (unpaired) electrons. The predicted octanol–water partition coefficient (Wildman–Crippen LogP) is 4.38. The molecule has 3 rings (SSSR count). The highest BCUT2D eigenvalue weighted by molar-refractivity contribution is 5.85. The van der Waals surface area contributed by atoms with E-state index in [1.165, 1.54) is 24.8 Å². The lowest BCUT2D eigenvalue weighted by Gasteiger charge is -2.24. The number of benzene rings is 2.